The van der Waals surface area contributed by atoms with Crippen LogP contribution in [-0.4, -0.2) is 17.1 Å². The quantitative estimate of drug-likeness (QED) is 0.786. The van der Waals surface area contributed by atoms with Gasteiger partial charge in [0.2, 0.25) is 5.88 Å². The maximum Gasteiger partial charge on any atom is 0.212 e. The largest absolute Gasteiger partial charge is 0.481 e. The molecule has 0 unspecified atom stereocenters. The molecule has 0 aliphatic heterocycles. The number of methoxy groups -OCH3 is 1. The average Bonchev–Trinajstić information content (AvgIpc) is 2.53. The lowest BCUT2D eigenvalue weighted by molar-refractivity contribution is 0.397. The molecule has 0 saturated carbocycles. The van der Waals surface area contributed by atoms with Crippen molar-refractivity contribution in [1.82, 2.24) is 9.97 Å². The van der Waals surface area contributed by atoms with Crippen LogP contribution in [0.25, 0.3) is 10.9 Å². The molecular weight excluding hydrogens is 250 g/mol. The van der Waals surface area contributed by atoms with Gasteiger partial charge in [0.05, 0.1) is 24.5 Å². The van der Waals surface area contributed by atoms with Crippen molar-refractivity contribution in [2.45, 2.75) is 6.54 Å². The number of nitrogens with one attached hydrogen (secondary N) is 1. The molecular formula is C16H15N3O. The van der Waals surface area contributed by atoms with E-state index >= 15 is 0 Å². The van der Waals surface area contributed by atoms with Crippen LogP contribution >= 0.6 is 0 Å². The Balaban J connectivity index is 1.72. The summed E-state index contributed by atoms with van der Waals surface area (Å²) < 4.78 is 5.04. The van der Waals surface area contributed by atoms with Crippen molar-refractivity contribution in [3.63, 3.8) is 0 Å². The minimum absolute atomic E-state index is 0.626. The predicted molar refractivity (Wildman–Crippen MR) is 79.9 cm³/mol. The number of aromatic nitrogens is 2. The Morgan fingerprint density at radius 2 is 1.95 bits per heavy atom. The normalized spacial score (nSPS) is 10.4. The standard InChI is InChI=1S/C16H15N3O/c1-20-16-7-6-12(10-19-16)9-17-14-8-13-4-2-3-5-15(13)18-11-14/h2-8,10-11,17H,9H2,1H3. The second-order valence-electron chi connectivity index (χ2n) is 4.48. The van der Waals surface area contributed by atoms with Crippen molar-refractivity contribution in [1.29, 1.82) is 0 Å². The van der Waals surface area contributed by atoms with Gasteiger partial charge >= 0.3 is 0 Å². The van der Waals surface area contributed by atoms with Crippen molar-refractivity contribution < 1.29 is 4.74 Å². The van der Waals surface area contributed by atoms with Gasteiger partial charge in [-0.2, -0.15) is 0 Å². The molecule has 3 aromatic rings. The van der Waals surface area contributed by atoms with Gasteiger partial charge in [-0.15, -0.1) is 0 Å². The summed E-state index contributed by atoms with van der Waals surface area (Å²) in [5.41, 5.74) is 3.10. The molecule has 1 N–H and O–H groups in total. The van der Waals surface area contributed by atoms with Gasteiger partial charge in [0.15, 0.2) is 0 Å². The van der Waals surface area contributed by atoms with Crippen LogP contribution in [0, 0.1) is 0 Å². The highest BCUT2D eigenvalue weighted by atomic mass is 16.5. The summed E-state index contributed by atoms with van der Waals surface area (Å²) in [7, 11) is 1.61. The summed E-state index contributed by atoms with van der Waals surface area (Å²) in [5, 5.41) is 4.48. The van der Waals surface area contributed by atoms with Crippen LogP contribution in [0.5, 0.6) is 5.88 Å². The van der Waals surface area contributed by atoms with Gasteiger partial charge in [0.25, 0.3) is 0 Å². The molecule has 3 rings (SSSR count). The van der Waals surface area contributed by atoms with Crippen LogP contribution in [0.3, 0.4) is 0 Å². The van der Waals surface area contributed by atoms with Gasteiger partial charge in [-0.25, -0.2) is 4.98 Å². The molecule has 1 aromatic carbocycles. The van der Waals surface area contributed by atoms with Crippen LogP contribution < -0.4 is 10.1 Å². The number of para-hydroxylation sites is 1. The Kier molecular flexibility index (Phi) is 3.46. The molecule has 0 aliphatic carbocycles. The van der Waals surface area contributed by atoms with Gasteiger partial charge < -0.3 is 10.1 Å². The van der Waals surface area contributed by atoms with Crippen LogP contribution in [0.2, 0.25) is 0 Å². The van der Waals surface area contributed by atoms with E-state index in [2.05, 4.69) is 27.4 Å². The third kappa shape index (κ3) is 2.69. The molecule has 0 fully saturated rings. The van der Waals surface area contributed by atoms with Crippen molar-refractivity contribution in [3.8, 4) is 5.88 Å². The lowest BCUT2D eigenvalue weighted by Gasteiger charge is -2.07. The summed E-state index contributed by atoms with van der Waals surface area (Å²) in [5.74, 6) is 0.626. The lowest BCUT2D eigenvalue weighted by Crippen LogP contribution is -2.00. The molecule has 0 bridgehead atoms. The fourth-order valence-corrected chi connectivity index (χ4v) is 2.01. The van der Waals surface area contributed by atoms with Crippen molar-refractivity contribution >= 4 is 16.6 Å². The summed E-state index contributed by atoms with van der Waals surface area (Å²) in [6, 6.07) is 14.0. The van der Waals surface area contributed by atoms with Crippen molar-refractivity contribution in [2.24, 2.45) is 0 Å². The first kappa shape index (κ1) is 12.4. The summed E-state index contributed by atoms with van der Waals surface area (Å²) in [4.78, 5) is 8.60. The third-order valence-corrected chi connectivity index (χ3v) is 3.09. The van der Waals surface area contributed by atoms with Gasteiger partial charge in [0.1, 0.15) is 0 Å². The molecule has 2 heterocycles. The smallest absolute Gasteiger partial charge is 0.212 e. The number of nitrogens with zero attached hydrogens (tertiary/aromatic N) is 2. The number of hydrogen-bond donors (Lipinski definition) is 1. The monoisotopic (exact) mass is 265 g/mol. The van der Waals surface area contributed by atoms with E-state index in [0.29, 0.717) is 12.4 Å². The van der Waals surface area contributed by atoms with E-state index in [0.717, 1.165) is 22.2 Å². The highest BCUT2D eigenvalue weighted by molar-refractivity contribution is 5.81. The predicted octanol–water partition coefficient (Wildman–Crippen LogP) is 3.25. The Labute approximate surface area is 117 Å². The molecule has 0 radical (unpaired) electrons. The number of anilines is 1. The number of ether oxygens (including phenoxy) is 1. The van der Waals surface area contributed by atoms with E-state index in [4.69, 9.17) is 4.74 Å². The maximum atomic E-state index is 5.04. The summed E-state index contributed by atoms with van der Waals surface area (Å²) in [6.45, 7) is 0.705. The molecule has 0 spiro atoms. The van der Waals surface area contributed by atoms with Gasteiger partial charge in [-0.1, -0.05) is 24.3 Å². The molecule has 2 aromatic heterocycles. The molecule has 4 nitrogen and oxygen atoms in total. The zero-order chi connectivity index (χ0) is 13.8. The third-order valence-electron chi connectivity index (χ3n) is 3.09. The fraction of sp³-hybridized carbons (Fsp3) is 0.125. The molecule has 20 heavy (non-hydrogen) atoms. The second-order valence-corrected chi connectivity index (χ2v) is 4.48. The van der Waals surface area contributed by atoms with Crippen LogP contribution in [-0.2, 0) is 6.54 Å². The van der Waals surface area contributed by atoms with E-state index in [1.54, 1.807) is 13.3 Å². The van der Waals surface area contributed by atoms with E-state index in [1.165, 1.54) is 0 Å². The fourth-order valence-electron chi connectivity index (χ4n) is 2.01. The number of hydrogen-bond acceptors (Lipinski definition) is 4. The lowest BCUT2D eigenvalue weighted by atomic mass is 10.2. The summed E-state index contributed by atoms with van der Waals surface area (Å²) >= 11 is 0. The van der Waals surface area contributed by atoms with E-state index in [9.17, 15) is 0 Å². The van der Waals surface area contributed by atoms with Crippen LogP contribution in [0.4, 0.5) is 5.69 Å². The number of fused-ring (bicyclic) bond motifs is 1. The highest BCUT2D eigenvalue weighted by Gasteiger charge is 1.99. The second kappa shape index (κ2) is 5.57. The van der Waals surface area contributed by atoms with Crippen molar-refractivity contribution in [3.05, 3.63) is 60.4 Å². The average molecular weight is 265 g/mol. The highest BCUT2D eigenvalue weighted by Crippen LogP contribution is 2.17. The van der Waals surface area contributed by atoms with E-state index < -0.39 is 0 Å². The van der Waals surface area contributed by atoms with Gasteiger partial charge in [0, 0.05) is 24.2 Å². The zero-order valence-corrected chi connectivity index (χ0v) is 11.2. The molecule has 0 saturated heterocycles. The number of benzene rings is 1. The molecule has 0 amide bonds. The Morgan fingerprint density at radius 3 is 2.75 bits per heavy atom. The summed E-state index contributed by atoms with van der Waals surface area (Å²) in [6.07, 6.45) is 3.65. The maximum absolute atomic E-state index is 5.04. The van der Waals surface area contributed by atoms with Crippen LogP contribution in [0.15, 0.2) is 54.9 Å². The Morgan fingerprint density at radius 1 is 1.05 bits per heavy atom. The Hall–Kier alpha value is -2.62. The first-order chi connectivity index (χ1) is 9.85. The molecule has 4 heteroatoms. The minimum atomic E-state index is 0.626. The van der Waals surface area contributed by atoms with Crippen LogP contribution in [0.1, 0.15) is 5.56 Å². The number of rotatable bonds is 4. The first-order valence-electron chi connectivity index (χ1n) is 6.43. The van der Waals surface area contributed by atoms with E-state index in [-0.39, 0.29) is 0 Å². The minimum Gasteiger partial charge on any atom is -0.481 e. The van der Waals surface area contributed by atoms with Crippen molar-refractivity contribution in [2.75, 3.05) is 12.4 Å². The molecule has 100 valence electrons. The molecule has 0 atom stereocenters. The SMILES string of the molecule is COc1ccc(CNc2cnc3ccccc3c2)cn1. The zero-order valence-electron chi connectivity index (χ0n) is 11.2. The topological polar surface area (TPSA) is 47.0 Å². The first-order valence-corrected chi connectivity index (χ1v) is 6.43. The number of pyridine rings is 2. The van der Waals surface area contributed by atoms with E-state index in [1.807, 2.05) is 36.5 Å². The molecule has 0 aliphatic rings. The Bertz CT molecular complexity index is 710. The van der Waals surface area contributed by atoms with Gasteiger partial charge in [-0.05, 0) is 17.7 Å². The van der Waals surface area contributed by atoms with Gasteiger partial charge in [-0.3, -0.25) is 4.98 Å².